The molecule has 0 aliphatic rings. The lowest BCUT2D eigenvalue weighted by atomic mass is 9.74. The van der Waals surface area contributed by atoms with Crippen molar-refractivity contribution in [2.45, 2.75) is 32.9 Å². The summed E-state index contributed by atoms with van der Waals surface area (Å²) in [5.74, 6) is 0. The minimum Gasteiger partial charge on any atom is -0.327 e. The van der Waals surface area contributed by atoms with E-state index in [1.54, 1.807) is 6.07 Å². The molecule has 16 heavy (non-hydrogen) atoms. The van der Waals surface area contributed by atoms with Gasteiger partial charge in [0.05, 0.1) is 0 Å². The van der Waals surface area contributed by atoms with Crippen LogP contribution in [0.15, 0.2) is 24.3 Å². The molecule has 0 spiro atoms. The molecule has 1 aromatic carbocycles. The summed E-state index contributed by atoms with van der Waals surface area (Å²) < 4.78 is 14.7. The predicted octanol–water partition coefficient (Wildman–Crippen LogP) is 3.60. The maximum Gasteiger partial charge on any atom is 0.132 e. The van der Waals surface area contributed by atoms with Crippen molar-refractivity contribution in [3.63, 3.8) is 0 Å². The van der Waals surface area contributed by atoms with Gasteiger partial charge in [0.25, 0.3) is 0 Å². The van der Waals surface area contributed by atoms with Gasteiger partial charge in [-0.05, 0) is 17.0 Å². The summed E-state index contributed by atoms with van der Waals surface area (Å²) in [6.07, 6.45) is 0.257. The normalized spacial score (nSPS) is 15.9. The largest absolute Gasteiger partial charge is 0.327 e. The van der Waals surface area contributed by atoms with Gasteiger partial charge in [-0.15, -0.1) is 0 Å². The fourth-order valence-corrected chi connectivity index (χ4v) is 1.79. The van der Waals surface area contributed by atoms with Gasteiger partial charge in [0.1, 0.15) is 5.67 Å². The SMILES string of the molecule is CC(C)(C)C(F)(CN)Cc1ccccc1Cl. The van der Waals surface area contributed by atoms with Gasteiger partial charge < -0.3 is 5.73 Å². The number of benzene rings is 1. The molecular weight excluding hydrogens is 225 g/mol. The van der Waals surface area contributed by atoms with E-state index in [0.717, 1.165) is 5.56 Å². The molecule has 0 aliphatic heterocycles. The summed E-state index contributed by atoms with van der Waals surface area (Å²) in [7, 11) is 0. The lowest BCUT2D eigenvalue weighted by Gasteiger charge is -2.37. The Morgan fingerprint density at radius 2 is 1.81 bits per heavy atom. The van der Waals surface area contributed by atoms with Gasteiger partial charge >= 0.3 is 0 Å². The summed E-state index contributed by atoms with van der Waals surface area (Å²) in [4.78, 5) is 0. The molecule has 0 saturated carbocycles. The molecule has 0 radical (unpaired) electrons. The number of hydrogen-bond acceptors (Lipinski definition) is 1. The highest BCUT2D eigenvalue weighted by molar-refractivity contribution is 6.31. The molecular formula is C13H19ClFN. The second kappa shape index (κ2) is 4.72. The first-order chi connectivity index (χ1) is 7.30. The second-order valence-electron chi connectivity index (χ2n) is 5.19. The van der Waals surface area contributed by atoms with Crippen LogP contribution in [0.3, 0.4) is 0 Å². The molecule has 0 aliphatic carbocycles. The molecule has 1 unspecified atom stereocenters. The van der Waals surface area contributed by atoms with Crippen LogP contribution in [0, 0.1) is 5.41 Å². The van der Waals surface area contributed by atoms with E-state index in [1.807, 2.05) is 39.0 Å². The van der Waals surface area contributed by atoms with Crippen LogP contribution in [-0.2, 0) is 6.42 Å². The van der Waals surface area contributed by atoms with Crippen LogP contribution in [0.5, 0.6) is 0 Å². The van der Waals surface area contributed by atoms with Gasteiger partial charge in [0.15, 0.2) is 0 Å². The standard InChI is InChI=1S/C13H19ClFN/c1-12(2,3)13(15,9-16)8-10-6-4-5-7-11(10)14/h4-7H,8-9,16H2,1-3H3. The smallest absolute Gasteiger partial charge is 0.132 e. The molecule has 90 valence electrons. The lowest BCUT2D eigenvalue weighted by Crippen LogP contribution is -2.47. The van der Waals surface area contributed by atoms with Crippen LogP contribution in [0.4, 0.5) is 4.39 Å². The van der Waals surface area contributed by atoms with Crippen molar-refractivity contribution in [1.29, 1.82) is 0 Å². The maximum atomic E-state index is 14.7. The van der Waals surface area contributed by atoms with Crippen molar-refractivity contribution in [1.82, 2.24) is 0 Å². The number of rotatable bonds is 3. The molecule has 1 nitrogen and oxygen atoms in total. The first kappa shape index (κ1) is 13.5. The number of hydrogen-bond donors (Lipinski definition) is 1. The van der Waals surface area contributed by atoms with Crippen molar-refractivity contribution in [2.75, 3.05) is 6.54 Å². The minimum atomic E-state index is -1.43. The van der Waals surface area contributed by atoms with Crippen molar-refractivity contribution < 1.29 is 4.39 Å². The van der Waals surface area contributed by atoms with E-state index in [0.29, 0.717) is 5.02 Å². The van der Waals surface area contributed by atoms with Crippen molar-refractivity contribution in [3.05, 3.63) is 34.9 Å². The molecule has 3 heteroatoms. The van der Waals surface area contributed by atoms with Crippen molar-refractivity contribution >= 4 is 11.6 Å². The van der Waals surface area contributed by atoms with E-state index in [-0.39, 0.29) is 13.0 Å². The lowest BCUT2D eigenvalue weighted by molar-refractivity contribution is 0.0382. The highest BCUT2D eigenvalue weighted by Crippen LogP contribution is 2.37. The summed E-state index contributed by atoms with van der Waals surface area (Å²) in [6, 6.07) is 7.32. The van der Waals surface area contributed by atoms with Crippen LogP contribution in [0.1, 0.15) is 26.3 Å². The number of halogens is 2. The number of nitrogens with two attached hydrogens (primary N) is 1. The Kier molecular flexibility index (Phi) is 3.97. The first-order valence-corrected chi connectivity index (χ1v) is 5.80. The zero-order valence-electron chi connectivity index (χ0n) is 10.1. The highest BCUT2D eigenvalue weighted by Gasteiger charge is 2.41. The Labute approximate surface area is 102 Å². The minimum absolute atomic E-state index is 0.00171. The van der Waals surface area contributed by atoms with Gasteiger partial charge in [-0.2, -0.15) is 0 Å². The van der Waals surface area contributed by atoms with E-state index in [1.165, 1.54) is 0 Å². The maximum absolute atomic E-state index is 14.7. The Morgan fingerprint density at radius 1 is 1.25 bits per heavy atom. The van der Waals surface area contributed by atoms with Gasteiger partial charge in [-0.3, -0.25) is 0 Å². The van der Waals surface area contributed by atoms with Gasteiger partial charge in [-0.25, -0.2) is 4.39 Å². The van der Waals surface area contributed by atoms with Gasteiger partial charge in [0.2, 0.25) is 0 Å². The molecule has 1 atom stereocenters. The third kappa shape index (κ3) is 2.74. The predicted molar refractivity (Wildman–Crippen MR) is 67.5 cm³/mol. The zero-order valence-corrected chi connectivity index (χ0v) is 10.8. The highest BCUT2D eigenvalue weighted by atomic mass is 35.5. The van der Waals surface area contributed by atoms with E-state index < -0.39 is 11.1 Å². The molecule has 0 heterocycles. The summed E-state index contributed by atoms with van der Waals surface area (Å²) in [6.45, 7) is 5.58. The molecule has 2 N–H and O–H groups in total. The molecule has 1 aromatic rings. The van der Waals surface area contributed by atoms with Gasteiger partial charge in [-0.1, -0.05) is 50.6 Å². The Bertz CT molecular complexity index is 359. The Morgan fingerprint density at radius 3 is 2.25 bits per heavy atom. The average Bonchev–Trinajstić information content (AvgIpc) is 2.19. The van der Waals surface area contributed by atoms with Crippen molar-refractivity contribution in [3.8, 4) is 0 Å². The van der Waals surface area contributed by atoms with Crippen molar-refractivity contribution in [2.24, 2.45) is 11.1 Å². The summed E-state index contributed by atoms with van der Waals surface area (Å²) in [5.41, 5.74) is 4.45. The molecule has 0 amide bonds. The van der Waals surface area contributed by atoms with E-state index in [2.05, 4.69) is 0 Å². The first-order valence-electron chi connectivity index (χ1n) is 5.42. The number of alkyl halides is 1. The van der Waals surface area contributed by atoms with Crippen LogP contribution >= 0.6 is 11.6 Å². The summed E-state index contributed by atoms with van der Waals surface area (Å²) >= 11 is 6.03. The molecule has 0 fully saturated rings. The summed E-state index contributed by atoms with van der Waals surface area (Å²) in [5, 5.41) is 0.599. The average molecular weight is 244 g/mol. The van der Waals surface area contributed by atoms with E-state index in [9.17, 15) is 4.39 Å². The molecule has 1 rings (SSSR count). The Hall–Kier alpha value is -0.600. The van der Waals surface area contributed by atoms with Crippen LogP contribution in [0.2, 0.25) is 5.02 Å². The molecule has 0 saturated heterocycles. The topological polar surface area (TPSA) is 26.0 Å². The molecule has 0 bridgehead atoms. The van der Waals surface area contributed by atoms with E-state index >= 15 is 0 Å². The van der Waals surface area contributed by atoms with E-state index in [4.69, 9.17) is 17.3 Å². The third-order valence-electron chi connectivity index (χ3n) is 3.10. The fourth-order valence-electron chi connectivity index (χ4n) is 1.59. The second-order valence-corrected chi connectivity index (χ2v) is 5.59. The van der Waals surface area contributed by atoms with Gasteiger partial charge in [0, 0.05) is 18.0 Å². The Balaban J connectivity index is 2.99. The third-order valence-corrected chi connectivity index (χ3v) is 3.46. The van der Waals surface area contributed by atoms with Crippen LogP contribution in [0.25, 0.3) is 0 Å². The zero-order chi connectivity index (χ0) is 12.4. The quantitative estimate of drug-likeness (QED) is 0.863. The van der Waals surface area contributed by atoms with Crippen LogP contribution in [-0.4, -0.2) is 12.2 Å². The monoisotopic (exact) mass is 243 g/mol. The molecule has 0 aromatic heterocycles. The fraction of sp³-hybridized carbons (Fsp3) is 0.538. The van der Waals surface area contributed by atoms with Crippen LogP contribution < -0.4 is 5.73 Å².